The van der Waals surface area contributed by atoms with Gasteiger partial charge >= 0.3 is 0 Å². The van der Waals surface area contributed by atoms with Crippen molar-refractivity contribution < 1.29 is 4.79 Å². The summed E-state index contributed by atoms with van der Waals surface area (Å²) in [6, 6.07) is 5.64. The van der Waals surface area contributed by atoms with E-state index in [0.29, 0.717) is 0 Å². The van der Waals surface area contributed by atoms with E-state index in [-0.39, 0.29) is 36.8 Å². The Hall–Kier alpha value is -1.30. The van der Waals surface area contributed by atoms with Gasteiger partial charge in [0.2, 0.25) is 5.91 Å². The van der Waals surface area contributed by atoms with E-state index in [4.69, 9.17) is 0 Å². The van der Waals surface area contributed by atoms with Gasteiger partial charge in [0.05, 0.1) is 23.6 Å². The van der Waals surface area contributed by atoms with Crippen molar-refractivity contribution in [1.82, 2.24) is 15.3 Å². The summed E-state index contributed by atoms with van der Waals surface area (Å²) in [6.07, 6.45) is 3.60. The number of halogens is 2. The predicted molar refractivity (Wildman–Crippen MR) is 80.2 cm³/mol. The largest absolute Gasteiger partial charge is 0.345 e. The number of amides is 1. The highest BCUT2D eigenvalue weighted by Crippen LogP contribution is 2.20. The topological polar surface area (TPSA) is 69.8 Å². The van der Waals surface area contributed by atoms with Crippen LogP contribution >= 0.6 is 24.8 Å². The molecule has 104 valence electrons. The Morgan fingerprint density at radius 3 is 2.95 bits per heavy atom. The van der Waals surface area contributed by atoms with Gasteiger partial charge in [-0.1, -0.05) is 6.07 Å². The number of fused-ring (bicyclic) bond motifs is 1. The third-order valence-corrected chi connectivity index (χ3v) is 3.08. The molecule has 0 bridgehead atoms. The highest BCUT2D eigenvalue weighted by molar-refractivity contribution is 6.01. The van der Waals surface area contributed by atoms with Gasteiger partial charge in [-0.15, -0.1) is 24.8 Å². The van der Waals surface area contributed by atoms with E-state index in [9.17, 15) is 4.79 Å². The number of imidazole rings is 1. The molecule has 3 rings (SSSR count). The molecule has 0 spiro atoms. The summed E-state index contributed by atoms with van der Waals surface area (Å²) < 4.78 is 0. The Morgan fingerprint density at radius 1 is 1.37 bits per heavy atom. The van der Waals surface area contributed by atoms with Crippen LogP contribution in [0.4, 0.5) is 5.69 Å². The molecular weight excluding hydrogens is 287 g/mol. The number of H-pyrrole nitrogens is 1. The minimum absolute atomic E-state index is 0. The third kappa shape index (κ3) is 3.18. The van der Waals surface area contributed by atoms with Crippen molar-refractivity contribution in [1.29, 1.82) is 0 Å². The SMILES string of the molecule is Cl.Cl.O=C(Nc1cccc2[nH]cnc12)C1CCCN1. The van der Waals surface area contributed by atoms with Crippen LogP contribution in [-0.4, -0.2) is 28.5 Å². The Kier molecular flexibility index (Phi) is 5.60. The van der Waals surface area contributed by atoms with Crippen molar-refractivity contribution in [2.24, 2.45) is 0 Å². The number of anilines is 1. The van der Waals surface area contributed by atoms with Gasteiger partial charge in [0.15, 0.2) is 0 Å². The second kappa shape index (κ2) is 6.75. The number of para-hydroxylation sites is 1. The Balaban J connectivity index is 0.000000902. The lowest BCUT2D eigenvalue weighted by atomic mass is 10.2. The lowest BCUT2D eigenvalue weighted by molar-refractivity contribution is -0.117. The summed E-state index contributed by atoms with van der Waals surface area (Å²) >= 11 is 0. The van der Waals surface area contributed by atoms with Gasteiger partial charge in [-0.25, -0.2) is 4.98 Å². The summed E-state index contributed by atoms with van der Waals surface area (Å²) in [7, 11) is 0. The second-order valence-corrected chi connectivity index (χ2v) is 4.24. The number of rotatable bonds is 2. The molecule has 0 radical (unpaired) electrons. The summed E-state index contributed by atoms with van der Waals surface area (Å²) in [4.78, 5) is 19.2. The maximum Gasteiger partial charge on any atom is 0.241 e. The first-order chi connectivity index (χ1) is 8.34. The van der Waals surface area contributed by atoms with Gasteiger partial charge in [-0.2, -0.15) is 0 Å². The van der Waals surface area contributed by atoms with E-state index >= 15 is 0 Å². The number of carbonyl (C=O) groups is 1. The van der Waals surface area contributed by atoms with Crippen molar-refractivity contribution in [3.8, 4) is 0 Å². The molecule has 1 atom stereocenters. The van der Waals surface area contributed by atoms with Crippen molar-refractivity contribution in [2.75, 3.05) is 11.9 Å². The number of hydrogen-bond acceptors (Lipinski definition) is 3. The molecule has 0 aliphatic carbocycles. The zero-order chi connectivity index (χ0) is 11.7. The molecule has 1 aliphatic rings. The maximum atomic E-state index is 12.0. The fourth-order valence-corrected chi connectivity index (χ4v) is 2.19. The molecule has 1 unspecified atom stereocenters. The summed E-state index contributed by atoms with van der Waals surface area (Å²) in [6.45, 7) is 0.921. The fraction of sp³-hybridized carbons (Fsp3) is 0.333. The molecule has 7 heteroatoms. The van der Waals surface area contributed by atoms with Crippen LogP contribution in [0.5, 0.6) is 0 Å². The summed E-state index contributed by atoms with van der Waals surface area (Å²) in [5.41, 5.74) is 2.50. The van der Waals surface area contributed by atoms with E-state index in [1.165, 1.54) is 0 Å². The highest BCUT2D eigenvalue weighted by Gasteiger charge is 2.22. The van der Waals surface area contributed by atoms with E-state index < -0.39 is 0 Å². The lowest BCUT2D eigenvalue weighted by Gasteiger charge is -2.11. The highest BCUT2D eigenvalue weighted by atomic mass is 35.5. The maximum absolute atomic E-state index is 12.0. The van der Waals surface area contributed by atoms with Crippen molar-refractivity contribution in [3.63, 3.8) is 0 Å². The van der Waals surface area contributed by atoms with Crippen LogP contribution in [0.1, 0.15) is 12.8 Å². The first-order valence-electron chi connectivity index (χ1n) is 5.81. The first kappa shape index (κ1) is 15.8. The molecule has 1 aromatic carbocycles. The van der Waals surface area contributed by atoms with Crippen molar-refractivity contribution in [2.45, 2.75) is 18.9 Å². The van der Waals surface area contributed by atoms with Gasteiger partial charge in [-0.3, -0.25) is 4.79 Å². The standard InChI is InChI=1S/C12H14N4O.2ClH/c17-12(10-5-2-6-13-10)16-9-4-1-3-8-11(9)15-7-14-8;;/h1,3-4,7,10,13H,2,5-6H2,(H,14,15)(H,16,17);2*1H. The average molecular weight is 303 g/mol. The monoisotopic (exact) mass is 302 g/mol. The van der Waals surface area contributed by atoms with E-state index in [2.05, 4.69) is 20.6 Å². The molecule has 2 aromatic rings. The molecule has 1 aromatic heterocycles. The molecule has 3 N–H and O–H groups in total. The summed E-state index contributed by atoms with van der Waals surface area (Å²) in [5, 5.41) is 6.11. The van der Waals surface area contributed by atoms with Gasteiger partial charge in [-0.05, 0) is 31.5 Å². The van der Waals surface area contributed by atoms with Crippen molar-refractivity contribution >= 4 is 47.4 Å². The van der Waals surface area contributed by atoms with Gasteiger partial charge in [0.1, 0.15) is 5.52 Å². The minimum Gasteiger partial charge on any atom is -0.345 e. The van der Waals surface area contributed by atoms with Crippen LogP contribution in [0.15, 0.2) is 24.5 Å². The number of benzene rings is 1. The molecule has 1 saturated heterocycles. The third-order valence-electron chi connectivity index (χ3n) is 3.08. The van der Waals surface area contributed by atoms with E-state index in [1.807, 2.05) is 18.2 Å². The second-order valence-electron chi connectivity index (χ2n) is 4.24. The van der Waals surface area contributed by atoms with Crippen LogP contribution in [0, 0.1) is 0 Å². The van der Waals surface area contributed by atoms with Gasteiger partial charge in [0, 0.05) is 0 Å². The normalized spacial score (nSPS) is 17.6. The number of aromatic amines is 1. The number of hydrogen-bond donors (Lipinski definition) is 3. The van der Waals surface area contributed by atoms with E-state index in [1.54, 1.807) is 6.33 Å². The lowest BCUT2D eigenvalue weighted by Crippen LogP contribution is -2.35. The Labute approximate surface area is 123 Å². The van der Waals surface area contributed by atoms with Crippen LogP contribution in [0.25, 0.3) is 11.0 Å². The zero-order valence-corrected chi connectivity index (χ0v) is 11.8. The quantitative estimate of drug-likeness (QED) is 0.795. The summed E-state index contributed by atoms with van der Waals surface area (Å²) in [5.74, 6) is 0.0259. The molecule has 1 aliphatic heterocycles. The van der Waals surface area contributed by atoms with Crippen LogP contribution in [0.3, 0.4) is 0 Å². The predicted octanol–water partition coefficient (Wildman–Crippen LogP) is 2.10. The molecule has 2 heterocycles. The average Bonchev–Trinajstić information content (AvgIpc) is 3.00. The molecule has 19 heavy (non-hydrogen) atoms. The first-order valence-corrected chi connectivity index (χ1v) is 5.81. The van der Waals surface area contributed by atoms with Gasteiger partial charge < -0.3 is 15.6 Å². The van der Waals surface area contributed by atoms with Crippen LogP contribution in [-0.2, 0) is 4.79 Å². The number of nitrogens with one attached hydrogen (secondary N) is 3. The van der Waals surface area contributed by atoms with Gasteiger partial charge in [0.25, 0.3) is 0 Å². The number of aromatic nitrogens is 2. The fourth-order valence-electron chi connectivity index (χ4n) is 2.19. The van der Waals surface area contributed by atoms with Crippen molar-refractivity contribution in [3.05, 3.63) is 24.5 Å². The molecular formula is C12H16Cl2N4O. The Bertz CT molecular complexity index is 551. The zero-order valence-electron chi connectivity index (χ0n) is 10.2. The van der Waals surface area contributed by atoms with Crippen LogP contribution < -0.4 is 10.6 Å². The molecule has 5 nitrogen and oxygen atoms in total. The number of carbonyl (C=O) groups excluding carboxylic acids is 1. The molecule has 1 amide bonds. The Morgan fingerprint density at radius 2 is 2.21 bits per heavy atom. The smallest absolute Gasteiger partial charge is 0.241 e. The molecule has 1 fully saturated rings. The molecule has 0 saturated carbocycles. The van der Waals surface area contributed by atoms with E-state index in [0.717, 1.165) is 36.1 Å². The minimum atomic E-state index is -0.0656. The van der Waals surface area contributed by atoms with Crippen LogP contribution in [0.2, 0.25) is 0 Å². The number of nitrogens with zero attached hydrogens (tertiary/aromatic N) is 1.